The van der Waals surface area contributed by atoms with Crippen LogP contribution in [0.1, 0.15) is 20.3 Å². The Morgan fingerprint density at radius 3 is 2.28 bits per heavy atom. The van der Waals surface area contributed by atoms with Crippen LogP contribution in [0.4, 0.5) is 17.1 Å². The van der Waals surface area contributed by atoms with E-state index in [-0.39, 0.29) is 11.8 Å². The van der Waals surface area contributed by atoms with Gasteiger partial charge in [0.25, 0.3) is 0 Å². The first-order valence-corrected chi connectivity index (χ1v) is 8.57. The number of amides is 2. The van der Waals surface area contributed by atoms with Crippen LogP contribution in [0.2, 0.25) is 10.0 Å². The van der Waals surface area contributed by atoms with Gasteiger partial charge in [-0.05, 0) is 43.3 Å². The molecular weight excluding hydrogens is 361 g/mol. The van der Waals surface area contributed by atoms with Gasteiger partial charge in [0.1, 0.15) is 6.04 Å². The van der Waals surface area contributed by atoms with E-state index in [2.05, 4.69) is 16.0 Å². The molecule has 25 heavy (non-hydrogen) atoms. The molecule has 0 heterocycles. The van der Waals surface area contributed by atoms with E-state index in [0.717, 1.165) is 5.69 Å². The predicted molar refractivity (Wildman–Crippen MR) is 104 cm³/mol. The number of hydrogen-bond acceptors (Lipinski definition) is 3. The maximum atomic E-state index is 12.3. The van der Waals surface area contributed by atoms with E-state index in [1.807, 2.05) is 0 Å². The van der Waals surface area contributed by atoms with Crippen LogP contribution in [0.25, 0.3) is 0 Å². The van der Waals surface area contributed by atoms with Gasteiger partial charge in [-0.25, -0.2) is 0 Å². The Labute approximate surface area is 156 Å². The molecule has 0 radical (unpaired) electrons. The summed E-state index contributed by atoms with van der Waals surface area (Å²) in [4.78, 5) is 23.7. The summed E-state index contributed by atoms with van der Waals surface area (Å²) in [6.07, 6.45) is 0.420. The van der Waals surface area contributed by atoms with Gasteiger partial charge >= 0.3 is 0 Å². The van der Waals surface area contributed by atoms with Crippen molar-refractivity contribution in [1.82, 2.24) is 0 Å². The monoisotopic (exact) mass is 379 g/mol. The SMILES string of the molecule is CCC(=O)Nc1ccc(NC(C)C(=O)Nc2cccc(Cl)c2Cl)cc1. The van der Waals surface area contributed by atoms with Crippen molar-refractivity contribution in [3.05, 3.63) is 52.5 Å². The molecule has 3 N–H and O–H groups in total. The number of anilines is 3. The molecule has 0 bridgehead atoms. The van der Waals surface area contributed by atoms with Gasteiger partial charge in [0.2, 0.25) is 11.8 Å². The molecule has 0 saturated carbocycles. The third kappa shape index (κ3) is 5.37. The highest BCUT2D eigenvalue weighted by Gasteiger charge is 2.15. The van der Waals surface area contributed by atoms with Crippen molar-refractivity contribution in [3.63, 3.8) is 0 Å². The Bertz CT molecular complexity index is 763. The van der Waals surface area contributed by atoms with Crippen LogP contribution in [-0.2, 0) is 9.59 Å². The van der Waals surface area contributed by atoms with Crippen molar-refractivity contribution >= 4 is 52.1 Å². The summed E-state index contributed by atoms with van der Waals surface area (Å²) in [5, 5.41) is 9.28. The highest BCUT2D eigenvalue weighted by Crippen LogP contribution is 2.29. The number of carbonyl (C=O) groups excluding carboxylic acids is 2. The number of halogens is 2. The van der Waals surface area contributed by atoms with Crippen molar-refractivity contribution in [3.8, 4) is 0 Å². The van der Waals surface area contributed by atoms with E-state index in [1.54, 1.807) is 56.3 Å². The second-order valence-electron chi connectivity index (χ2n) is 5.44. The zero-order valence-electron chi connectivity index (χ0n) is 13.9. The van der Waals surface area contributed by atoms with E-state index in [4.69, 9.17) is 23.2 Å². The van der Waals surface area contributed by atoms with E-state index < -0.39 is 6.04 Å². The number of carbonyl (C=O) groups is 2. The van der Waals surface area contributed by atoms with Gasteiger partial charge in [0.15, 0.2) is 0 Å². The van der Waals surface area contributed by atoms with Gasteiger partial charge in [-0.15, -0.1) is 0 Å². The lowest BCUT2D eigenvalue weighted by Gasteiger charge is -2.16. The van der Waals surface area contributed by atoms with E-state index in [0.29, 0.717) is 27.8 Å². The maximum absolute atomic E-state index is 12.3. The Kier molecular flexibility index (Phi) is 6.67. The lowest BCUT2D eigenvalue weighted by Crippen LogP contribution is -2.31. The summed E-state index contributed by atoms with van der Waals surface area (Å²) in [6, 6.07) is 11.7. The van der Waals surface area contributed by atoms with Gasteiger partial charge in [0, 0.05) is 17.8 Å². The molecule has 0 fully saturated rings. The molecule has 0 aromatic heterocycles. The average molecular weight is 380 g/mol. The summed E-state index contributed by atoms with van der Waals surface area (Å²) in [7, 11) is 0. The number of rotatable bonds is 6. The Morgan fingerprint density at radius 1 is 1.00 bits per heavy atom. The maximum Gasteiger partial charge on any atom is 0.246 e. The van der Waals surface area contributed by atoms with E-state index in [1.165, 1.54) is 0 Å². The Balaban J connectivity index is 1.96. The molecule has 1 unspecified atom stereocenters. The number of nitrogens with one attached hydrogen (secondary N) is 3. The molecule has 0 aliphatic carbocycles. The fourth-order valence-corrected chi connectivity index (χ4v) is 2.40. The van der Waals surface area contributed by atoms with Crippen LogP contribution in [0.15, 0.2) is 42.5 Å². The van der Waals surface area contributed by atoms with Crippen molar-refractivity contribution in [2.75, 3.05) is 16.0 Å². The van der Waals surface area contributed by atoms with Gasteiger partial charge in [-0.2, -0.15) is 0 Å². The fraction of sp³-hybridized carbons (Fsp3) is 0.222. The van der Waals surface area contributed by atoms with Gasteiger partial charge in [-0.1, -0.05) is 36.2 Å². The highest BCUT2D eigenvalue weighted by atomic mass is 35.5. The molecule has 7 heteroatoms. The molecule has 2 aromatic carbocycles. The first-order chi connectivity index (χ1) is 11.9. The summed E-state index contributed by atoms with van der Waals surface area (Å²) >= 11 is 12.0. The molecule has 132 valence electrons. The minimum absolute atomic E-state index is 0.0492. The molecule has 2 rings (SSSR count). The average Bonchev–Trinajstić information content (AvgIpc) is 2.60. The third-order valence-electron chi connectivity index (χ3n) is 3.48. The molecule has 0 aliphatic rings. The molecule has 5 nitrogen and oxygen atoms in total. The van der Waals surface area contributed by atoms with Crippen molar-refractivity contribution < 1.29 is 9.59 Å². The van der Waals surface area contributed by atoms with E-state index in [9.17, 15) is 9.59 Å². The quantitative estimate of drug-likeness (QED) is 0.676. The van der Waals surface area contributed by atoms with Gasteiger partial charge in [-0.3, -0.25) is 9.59 Å². The standard InChI is InChI=1S/C18H19Cl2N3O2/c1-3-16(24)22-13-9-7-12(8-10-13)21-11(2)18(25)23-15-6-4-5-14(19)17(15)20/h4-11,21H,3H2,1-2H3,(H,22,24)(H,23,25). The normalized spacial score (nSPS) is 11.5. The third-order valence-corrected chi connectivity index (χ3v) is 4.29. The lowest BCUT2D eigenvalue weighted by molar-refractivity contribution is -0.117. The van der Waals surface area contributed by atoms with Crippen molar-refractivity contribution in [2.45, 2.75) is 26.3 Å². The molecule has 1 atom stereocenters. The zero-order valence-corrected chi connectivity index (χ0v) is 15.4. The Hall–Kier alpha value is -2.24. The fourth-order valence-electron chi connectivity index (χ4n) is 2.06. The molecule has 0 spiro atoms. The Morgan fingerprint density at radius 2 is 1.64 bits per heavy atom. The lowest BCUT2D eigenvalue weighted by atomic mass is 10.2. The molecule has 0 saturated heterocycles. The first kappa shape index (κ1) is 19.1. The molecule has 2 amide bonds. The molecule has 0 aliphatic heterocycles. The van der Waals surface area contributed by atoms with E-state index >= 15 is 0 Å². The summed E-state index contributed by atoms with van der Waals surface area (Å²) in [5.74, 6) is -0.292. The second-order valence-corrected chi connectivity index (χ2v) is 6.22. The largest absolute Gasteiger partial charge is 0.374 e. The van der Waals surface area contributed by atoms with Crippen LogP contribution in [0, 0.1) is 0 Å². The van der Waals surface area contributed by atoms with Crippen molar-refractivity contribution in [2.24, 2.45) is 0 Å². The minimum atomic E-state index is -0.494. The van der Waals surface area contributed by atoms with Crippen LogP contribution < -0.4 is 16.0 Å². The number of benzene rings is 2. The van der Waals surface area contributed by atoms with Gasteiger partial charge in [0.05, 0.1) is 15.7 Å². The van der Waals surface area contributed by atoms with Crippen LogP contribution in [0.5, 0.6) is 0 Å². The minimum Gasteiger partial charge on any atom is -0.374 e. The zero-order chi connectivity index (χ0) is 18.4. The first-order valence-electron chi connectivity index (χ1n) is 7.82. The van der Waals surface area contributed by atoms with Crippen LogP contribution in [0.3, 0.4) is 0 Å². The predicted octanol–water partition coefficient (Wildman–Crippen LogP) is 4.78. The molecule has 2 aromatic rings. The highest BCUT2D eigenvalue weighted by molar-refractivity contribution is 6.44. The van der Waals surface area contributed by atoms with Crippen molar-refractivity contribution in [1.29, 1.82) is 0 Å². The van der Waals surface area contributed by atoms with Crippen LogP contribution in [-0.4, -0.2) is 17.9 Å². The van der Waals surface area contributed by atoms with Crippen LogP contribution >= 0.6 is 23.2 Å². The summed E-state index contributed by atoms with van der Waals surface area (Å²) in [5.41, 5.74) is 1.93. The molecular formula is C18H19Cl2N3O2. The smallest absolute Gasteiger partial charge is 0.246 e. The second kappa shape index (κ2) is 8.74. The van der Waals surface area contributed by atoms with Gasteiger partial charge < -0.3 is 16.0 Å². The topological polar surface area (TPSA) is 70.2 Å². The summed E-state index contributed by atoms with van der Waals surface area (Å²) < 4.78 is 0. The number of hydrogen-bond donors (Lipinski definition) is 3. The summed E-state index contributed by atoms with van der Waals surface area (Å²) in [6.45, 7) is 3.53.